The number of hydrogen-bond donors (Lipinski definition) is 0. The van der Waals surface area contributed by atoms with Crippen LogP contribution >= 0.6 is 11.3 Å². The lowest BCUT2D eigenvalue weighted by atomic mass is 10.0. The number of methoxy groups -OCH3 is 1. The van der Waals surface area contributed by atoms with Crippen molar-refractivity contribution in [1.82, 2.24) is 4.90 Å². The highest BCUT2D eigenvalue weighted by Gasteiger charge is 2.18. The first-order valence-corrected chi connectivity index (χ1v) is 8.05. The summed E-state index contributed by atoms with van der Waals surface area (Å²) in [6.07, 6.45) is 1.48. The van der Waals surface area contributed by atoms with Gasteiger partial charge in [0.15, 0.2) is 0 Å². The van der Waals surface area contributed by atoms with Crippen LogP contribution in [0.5, 0.6) is 0 Å². The van der Waals surface area contributed by atoms with Gasteiger partial charge in [-0.3, -0.25) is 9.69 Å². The second-order valence-corrected chi connectivity index (χ2v) is 6.35. The lowest BCUT2D eigenvalue weighted by Gasteiger charge is -2.27. The molecule has 0 atom stereocenters. The number of hydrogen-bond acceptors (Lipinski definition) is 4. The van der Waals surface area contributed by atoms with Crippen molar-refractivity contribution in [1.29, 1.82) is 0 Å². The van der Waals surface area contributed by atoms with Gasteiger partial charge in [0.25, 0.3) is 0 Å². The van der Waals surface area contributed by atoms with Gasteiger partial charge in [0.2, 0.25) is 0 Å². The van der Waals surface area contributed by atoms with Crippen molar-refractivity contribution in [3.05, 3.63) is 57.3 Å². The van der Waals surface area contributed by atoms with Crippen LogP contribution < -0.4 is 0 Å². The summed E-state index contributed by atoms with van der Waals surface area (Å²) < 4.78 is 4.78. The summed E-state index contributed by atoms with van der Waals surface area (Å²) in [5, 5.41) is 2.18. The number of carbonyl (C=O) groups excluding carboxylic acids is 1. The third kappa shape index (κ3) is 3.34. The zero-order chi connectivity index (χ0) is 14.7. The van der Waals surface area contributed by atoms with E-state index in [-0.39, 0.29) is 5.97 Å². The first-order valence-electron chi connectivity index (χ1n) is 7.17. The van der Waals surface area contributed by atoms with Crippen molar-refractivity contribution in [2.24, 2.45) is 0 Å². The first-order chi connectivity index (χ1) is 10.3. The summed E-state index contributed by atoms with van der Waals surface area (Å²) in [7, 11) is 1.44. The maximum atomic E-state index is 11.5. The monoisotopic (exact) mass is 301 g/mol. The molecule has 2 heterocycles. The molecule has 3 rings (SSSR count). The molecule has 0 N–H and O–H groups in total. The predicted molar refractivity (Wildman–Crippen MR) is 84.3 cm³/mol. The minimum Gasteiger partial charge on any atom is -0.469 e. The van der Waals surface area contributed by atoms with Gasteiger partial charge in [0.1, 0.15) is 0 Å². The smallest absolute Gasteiger partial charge is 0.309 e. The van der Waals surface area contributed by atoms with E-state index >= 15 is 0 Å². The molecule has 0 amide bonds. The standard InChI is InChI=1S/C17H19NO2S/c1-20-17(19)10-13-4-2-3-5-14(13)11-18-8-6-16-15(12-18)7-9-21-16/h2-5,7,9H,6,8,10-12H2,1H3. The lowest BCUT2D eigenvalue weighted by molar-refractivity contribution is -0.139. The average Bonchev–Trinajstić information content (AvgIpc) is 2.96. The topological polar surface area (TPSA) is 29.5 Å². The molecule has 0 fully saturated rings. The second kappa shape index (κ2) is 6.41. The van der Waals surface area contributed by atoms with E-state index in [1.54, 1.807) is 0 Å². The third-order valence-corrected chi connectivity index (χ3v) is 4.98. The largest absolute Gasteiger partial charge is 0.469 e. The number of carbonyl (C=O) groups is 1. The molecular formula is C17H19NO2S. The quantitative estimate of drug-likeness (QED) is 0.813. The van der Waals surface area contributed by atoms with Crippen molar-refractivity contribution in [2.75, 3.05) is 13.7 Å². The van der Waals surface area contributed by atoms with Gasteiger partial charge >= 0.3 is 5.97 Å². The van der Waals surface area contributed by atoms with Crippen molar-refractivity contribution in [3.8, 4) is 0 Å². The number of ether oxygens (including phenoxy) is 1. The van der Waals surface area contributed by atoms with Crippen LogP contribution in [0.2, 0.25) is 0 Å². The Kier molecular flexibility index (Phi) is 4.36. The Morgan fingerprint density at radius 1 is 1.29 bits per heavy atom. The van der Waals surface area contributed by atoms with Gasteiger partial charge in [0.05, 0.1) is 13.5 Å². The number of fused-ring (bicyclic) bond motifs is 1. The van der Waals surface area contributed by atoms with Crippen LogP contribution in [0, 0.1) is 0 Å². The Balaban J connectivity index is 1.72. The van der Waals surface area contributed by atoms with Crippen LogP contribution in [0.3, 0.4) is 0 Å². The van der Waals surface area contributed by atoms with E-state index in [9.17, 15) is 4.79 Å². The molecule has 2 aromatic rings. The Hall–Kier alpha value is -1.65. The normalized spacial score (nSPS) is 14.7. The fourth-order valence-corrected chi connectivity index (χ4v) is 3.68. The lowest BCUT2D eigenvalue weighted by Crippen LogP contribution is -2.29. The fraction of sp³-hybridized carbons (Fsp3) is 0.353. The molecule has 0 aliphatic carbocycles. The zero-order valence-electron chi connectivity index (χ0n) is 12.2. The highest BCUT2D eigenvalue weighted by Crippen LogP contribution is 2.25. The van der Waals surface area contributed by atoms with Crippen LogP contribution in [0.1, 0.15) is 21.6 Å². The minimum absolute atomic E-state index is 0.179. The molecule has 1 aliphatic rings. The molecule has 1 aromatic heterocycles. The van der Waals surface area contributed by atoms with Crippen LogP contribution in [-0.2, 0) is 35.5 Å². The van der Waals surface area contributed by atoms with E-state index in [4.69, 9.17) is 4.74 Å². The Morgan fingerprint density at radius 3 is 2.90 bits per heavy atom. The molecule has 0 bridgehead atoms. The minimum atomic E-state index is -0.179. The number of benzene rings is 1. The van der Waals surface area contributed by atoms with E-state index in [2.05, 4.69) is 22.4 Å². The highest BCUT2D eigenvalue weighted by molar-refractivity contribution is 7.10. The molecule has 3 nitrogen and oxygen atoms in total. The molecule has 1 aromatic carbocycles. The van der Waals surface area contributed by atoms with E-state index in [1.165, 1.54) is 23.1 Å². The number of nitrogens with zero attached hydrogens (tertiary/aromatic N) is 1. The zero-order valence-corrected chi connectivity index (χ0v) is 13.0. The van der Waals surface area contributed by atoms with E-state index in [0.29, 0.717) is 6.42 Å². The van der Waals surface area contributed by atoms with Crippen molar-refractivity contribution >= 4 is 17.3 Å². The number of thiophene rings is 1. The molecular weight excluding hydrogens is 282 g/mol. The van der Waals surface area contributed by atoms with Gasteiger partial charge in [-0.15, -0.1) is 11.3 Å². The fourth-order valence-electron chi connectivity index (χ4n) is 2.79. The van der Waals surface area contributed by atoms with E-state index in [1.807, 2.05) is 29.5 Å². The summed E-state index contributed by atoms with van der Waals surface area (Å²) >= 11 is 1.86. The summed E-state index contributed by atoms with van der Waals surface area (Å²) in [6, 6.07) is 10.4. The van der Waals surface area contributed by atoms with Crippen molar-refractivity contribution in [3.63, 3.8) is 0 Å². The number of rotatable bonds is 4. The Labute approximate surface area is 129 Å². The Morgan fingerprint density at radius 2 is 2.10 bits per heavy atom. The van der Waals surface area contributed by atoms with Crippen molar-refractivity contribution in [2.45, 2.75) is 25.9 Å². The Bertz CT molecular complexity index is 635. The molecule has 4 heteroatoms. The molecule has 110 valence electrons. The van der Waals surface area contributed by atoms with Crippen LogP contribution in [0.15, 0.2) is 35.7 Å². The molecule has 0 radical (unpaired) electrons. The van der Waals surface area contributed by atoms with Gasteiger partial charge < -0.3 is 4.74 Å². The van der Waals surface area contributed by atoms with Crippen LogP contribution in [-0.4, -0.2) is 24.5 Å². The van der Waals surface area contributed by atoms with Gasteiger partial charge in [0, 0.05) is 24.5 Å². The molecule has 21 heavy (non-hydrogen) atoms. The van der Waals surface area contributed by atoms with Gasteiger partial charge in [-0.1, -0.05) is 24.3 Å². The maximum absolute atomic E-state index is 11.5. The molecule has 0 saturated heterocycles. The molecule has 0 unspecified atom stereocenters. The van der Waals surface area contributed by atoms with Crippen LogP contribution in [0.4, 0.5) is 0 Å². The average molecular weight is 301 g/mol. The maximum Gasteiger partial charge on any atom is 0.309 e. The van der Waals surface area contributed by atoms with Crippen molar-refractivity contribution < 1.29 is 9.53 Å². The molecule has 0 spiro atoms. The molecule has 1 aliphatic heterocycles. The first kappa shape index (κ1) is 14.3. The van der Waals surface area contributed by atoms with E-state index in [0.717, 1.165) is 31.6 Å². The van der Waals surface area contributed by atoms with Gasteiger partial charge in [-0.05, 0) is 34.6 Å². The number of esters is 1. The third-order valence-electron chi connectivity index (χ3n) is 3.96. The highest BCUT2D eigenvalue weighted by atomic mass is 32.1. The summed E-state index contributed by atoms with van der Waals surface area (Å²) in [4.78, 5) is 15.5. The SMILES string of the molecule is COC(=O)Cc1ccccc1CN1CCc2sccc2C1. The summed E-state index contributed by atoms with van der Waals surface area (Å²) in [6.45, 7) is 2.98. The summed E-state index contributed by atoms with van der Waals surface area (Å²) in [5.41, 5.74) is 3.75. The van der Waals surface area contributed by atoms with Gasteiger partial charge in [-0.2, -0.15) is 0 Å². The predicted octanol–water partition coefficient (Wildman–Crippen LogP) is 3.02. The van der Waals surface area contributed by atoms with Crippen LogP contribution in [0.25, 0.3) is 0 Å². The van der Waals surface area contributed by atoms with E-state index < -0.39 is 0 Å². The van der Waals surface area contributed by atoms with Gasteiger partial charge in [-0.25, -0.2) is 0 Å². The molecule has 0 saturated carbocycles. The second-order valence-electron chi connectivity index (χ2n) is 5.35. The summed E-state index contributed by atoms with van der Waals surface area (Å²) in [5.74, 6) is -0.179.